The second kappa shape index (κ2) is 6.10. The third-order valence-corrected chi connectivity index (χ3v) is 4.69. The Hall–Kier alpha value is -1.13. The second-order valence-electron chi connectivity index (χ2n) is 4.14. The van der Waals surface area contributed by atoms with Gasteiger partial charge in [-0.15, -0.1) is 0 Å². The normalized spacial score (nSPS) is 14.3. The topological polar surface area (TPSA) is 66.5 Å². The molecular formula is C10H13F3N2O3S2. The smallest absolute Gasteiger partial charge is 0.287 e. The Balaban J connectivity index is 2.72. The first-order chi connectivity index (χ1) is 9.03. The Morgan fingerprint density at radius 3 is 2.55 bits per heavy atom. The van der Waals surface area contributed by atoms with Crippen LogP contribution in [0.5, 0.6) is 0 Å². The van der Waals surface area contributed by atoms with Gasteiger partial charge in [0, 0.05) is 5.38 Å². The van der Waals surface area contributed by atoms with Crippen molar-refractivity contribution >= 4 is 27.3 Å². The number of sulfonamides is 1. The molecule has 1 amide bonds. The van der Waals surface area contributed by atoms with Crippen LogP contribution in [0.4, 0.5) is 13.2 Å². The summed E-state index contributed by atoms with van der Waals surface area (Å²) >= 11 is 1.13. The van der Waals surface area contributed by atoms with Gasteiger partial charge >= 0.3 is 6.18 Å². The van der Waals surface area contributed by atoms with E-state index in [1.54, 1.807) is 4.72 Å². The van der Waals surface area contributed by atoms with E-state index in [2.05, 4.69) is 0 Å². The van der Waals surface area contributed by atoms with Gasteiger partial charge in [-0.25, -0.2) is 13.1 Å². The number of rotatable bonds is 5. The van der Waals surface area contributed by atoms with Gasteiger partial charge in [-0.3, -0.25) is 9.69 Å². The lowest BCUT2D eigenvalue weighted by molar-refractivity contribution is -0.150. The van der Waals surface area contributed by atoms with E-state index in [1.807, 2.05) is 0 Å². The first kappa shape index (κ1) is 16.9. The Labute approximate surface area is 118 Å². The predicted octanol–water partition coefficient (Wildman–Crippen LogP) is 1.44. The SMILES string of the molecule is C[C@@H](C(=O)NS(=O)(=O)c1ccsc1)N(C)CC(F)(F)F. The van der Waals surface area contributed by atoms with Crippen LogP contribution in [-0.4, -0.2) is 45.0 Å². The van der Waals surface area contributed by atoms with E-state index in [9.17, 15) is 26.4 Å². The van der Waals surface area contributed by atoms with Crippen molar-refractivity contribution in [3.63, 3.8) is 0 Å². The minimum absolute atomic E-state index is 0.0958. The highest BCUT2D eigenvalue weighted by atomic mass is 32.2. The molecule has 1 aromatic heterocycles. The van der Waals surface area contributed by atoms with Crippen molar-refractivity contribution in [2.75, 3.05) is 13.6 Å². The molecule has 0 spiro atoms. The maximum atomic E-state index is 12.2. The third kappa shape index (κ3) is 4.76. The molecular weight excluding hydrogens is 317 g/mol. The predicted molar refractivity (Wildman–Crippen MR) is 67.8 cm³/mol. The number of carbonyl (C=O) groups excluding carboxylic acids is 1. The van der Waals surface area contributed by atoms with Crippen LogP contribution in [0, 0.1) is 0 Å². The fraction of sp³-hybridized carbons (Fsp3) is 0.500. The lowest BCUT2D eigenvalue weighted by atomic mass is 10.3. The molecule has 0 aliphatic carbocycles. The van der Waals surface area contributed by atoms with Crippen LogP contribution < -0.4 is 4.72 Å². The quantitative estimate of drug-likeness (QED) is 0.887. The number of nitrogens with zero attached hydrogens (tertiary/aromatic N) is 1. The van der Waals surface area contributed by atoms with Crippen molar-refractivity contribution in [1.82, 2.24) is 9.62 Å². The van der Waals surface area contributed by atoms with Gasteiger partial charge in [0.1, 0.15) is 0 Å². The minimum atomic E-state index is -4.46. The van der Waals surface area contributed by atoms with E-state index >= 15 is 0 Å². The average Bonchev–Trinajstić information content (AvgIpc) is 2.78. The highest BCUT2D eigenvalue weighted by Crippen LogP contribution is 2.17. The number of hydrogen-bond donors (Lipinski definition) is 1. The summed E-state index contributed by atoms with van der Waals surface area (Å²) in [6.07, 6.45) is -4.46. The van der Waals surface area contributed by atoms with Crippen molar-refractivity contribution < 1.29 is 26.4 Å². The molecule has 1 aromatic rings. The van der Waals surface area contributed by atoms with Crippen LogP contribution in [0.15, 0.2) is 21.7 Å². The van der Waals surface area contributed by atoms with Crippen molar-refractivity contribution in [3.05, 3.63) is 16.8 Å². The number of nitrogens with one attached hydrogen (secondary N) is 1. The van der Waals surface area contributed by atoms with E-state index in [1.165, 1.54) is 23.8 Å². The van der Waals surface area contributed by atoms with Crippen LogP contribution in [0.25, 0.3) is 0 Å². The maximum absolute atomic E-state index is 12.2. The summed E-state index contributed by atoms with van der Waals surface area (Å²) in [5.74, 6) is -1.01. The Morgan fingerprint density at radius 1 is 1.50 bits per heavy atom. The standard InChI is InChI=1S/C10H13F3N2O3S2/c1-7(15(2)6-10(11,12)13)9(16)14-20(17,18)8-3-4-19-5-8/h3-5,7H,6H2,1-2H3,(H,14,16)/t7-/m0/s1. The molecule has 0 unspecified atom stereocenters. The van der Waals surface area contributed by atoms with Gasteiger partial charge in [0.15, 0.2) is 0 Å². The lowest BCUT2D eigenvalue weighted by Gasteiger charge is -2.24. The van der Waals surface area contributed by atoms with Crippen LogP contribution in [0.3, 0.4) is 0 Å². The van der Waals surface area contributed by atoms with E-state index in [0.717, 1.165) is 23.3 Å². The van der Waals surface area contributed by atoms with Crippen LogP contribution in [0.1, 0.15) is 6.92 Å². The number of halogens is 3. The van der Waals surface area contributed by atoms with Gasteiger partial charge in [-0.05, 0) is 25.4 Å². The molecule has 0 aliphatic heterocycles. The Morgan fingerprint density at radius 2 is 2.10 bits per heavy atom. The first-order valence-corrected chi connectivity index (χ1v) is 7.81. The Bertz CT molecular complexity index is 555. The van der Waals surface area contributed by atoms with Crippen molar-refractivity contribution in [2.24, 2.45) is 0 Å². The summed E-state index contributed by atoms with van der Waals surface area (Å²) in [6.45, 7) is -0.107. The number of hydrogen-bond acceptors (Lipinski definition) is 5. The minimum Gasteiger partial charge on any atom is -0.287 e. The number of likely N-dealkylation sites (N-methyl/N-ethyl adjacent to an activating group) is 1. The molecule has 0 saturated heterocycles. The van der Waals surface area contributed by atoms with Crippen molar-refractivity contribution in [1.29, 1.82) is 0 Å². The monoisotopic (exact) mass is 330 g/mol. The van der Waals surface area contributed by atoms with Gasteiger partial charge in [0.2, 0.25) is 0 Å². The zero-order valence-corrected chi connectivity index (χ0v) is 12.3. The fourth-order valence-electron chi connectivity index (χ4n) is 1.30. The van der Waals surface area contributed by atoms with E-state index < -0.39 is 34.7 Å². The molecule has 1 heterocycles. The van der Waals surface area contributed by atoms with Gasteiger partial charge in [-0.2, -0.15) is 24.5 Å². The Kier molecular flexibility index (Phi) is 5.16. The molecule has 5 nitrogen and oxygen atoms in total. The summed E-state index contributed by atoms with van der Waals surface area (Å²) < 4.78 is 61.9. The van der Waals surface area contributed by atoms with Crippen molar-refractivity contribution in [2.45, 2.75) is 24.0 Å². The third-order valence-electron chi connectivity index (χ3n) is 2.51. The fourth-order valence-corrected chi connectivity index (χ4v) is 3.38. The second-order valence-corrected chi connectivity index (χ2v) is 6.60. The summed E-state index contributed by atoms with van der Waals surface area (Å²) in [5, 5.41) is 2.83. The van der Waals surface area contributed by atoms with Gasteiger partial charge in [0.05, 0.1) is 17.5 Å². The molecule has 0 fully saturated rings. The molecule has 0 saturated carbocycles. The zero-order chi connectivity index (χ0) is 15.6. The molecule has 20 heavy (non-hydrogen) atoms. The van der Waals surface area contributed by atoms with E-state index in [-0.39, 0.29) is 4.90 Å². The summed E-state index contributed by atoms with van der Waals surface area (Å²) in [5.41, 5.74) is 0. The van der Waals surface area contributed by atoms with Crippen LogP contribution in [-0.2, 0) is 14.8 Å². The van der Waals surface area contributed by atoms with Gasteiger partial charge in [-0.1, -0.05) is 0 Å². The number of carbonyl (C=O) groups is 1. The van der Waals surface area contributed by atoms with Gasteiger partial charge in [0.25, 0.3) is 15.9 Å². The highest BCUT2D eigenvalue weighted by Gasteiger charge is 2.33. The summed E-state index contributed by atoms with van der Waals surface area (Å²) in [7, 11) is -2.94. The maximum Gasteiger partial charge on any atom is 0.401 e. The lowest BCUT2D eigenvalue weighted by Crippen LogP contribution is -2.47. The molecule has 1 N–H and O–H groups in total. The number of amides is 1. The van der Waals surface area contributed by atoms with Crippen molar-refractivity contribution in [3.8, 4) is 0 Å². The molecule has 114 valence electrons. The molecule has 0 bridgehead atoms. The number of alkyl halides is 3. The molecule has 10 heteroatoms. The summed E-state index contributed by atoms with van der Waals surface area (Å²) in [4.78, 5) is 12.3. The van der Waals surface area contributed by atoms with E-state index in [0.29, 0.717) is 0 Å². The largest absolute Gasteiger partial charge is 0.401 e. The zero-order valence-electron chi connectivity index (χ0n) is 10.6. The van der Waals surface area contributed by atoms with Crippen LogP contribution >= 0.6 is 11.3 Å². The molecule has 1 atom stereocenters. The summed E-state index contributed by atoms with van der Waals surface area (Å²) in [6, 6.07) is 0.0646. The number of thiophene rings is 1. The molecule has 1 rings (SSSR count). The molecule has 0 aliphatic rings. The van der Waals surface area contributed by atoms with E-state index in [4.69, 9.17) is 0 Å². The average molecular weight is 330 g/mol. The molecule has 0 radical (unpaired) electrons. The first-order valence-electron chi connectivity index (χ1n) is 5.39. The van der Waals surface area contributed by atoms with Crippen LogP contribution in [0.2, 0.25) is 0 Å². The highest BCUT2D eigenvalue weighted by molar-refractivity contribution is 7.90. The molecule has 0 aromatic carbocycles. The van der Waals surface area contributed by atoms with Gasteiger partial charge < -0.3 is 0 Å².